The van der Waals surface area contributed by atoms with Gasteiger partial charge in [0.05, 0.1) is 27.9 Å². The summed E-state index contributed by atoms with van der Waals surface area (Å²) in [6.45, 7) is 4.26. The molecule has 20 heavy (non-hydrogen) atoms. The molecule has 0 aliphatic heterocycles. The van der Waals surface area contributed by atoms with Gasteiger partial charge in [-0.2, -0.15) is 5.10 Å². The van der Waals surface area contributed by atoms with Crippen molar-refractivity contribution in [1.82, 2.24) is 9.78 Å². The topological polar surface area (TPSA) is 73.0 Å². The number of anilines is 1. The van der Waals surface area contributed by atoms with Crippen molar-refractivity contribution < 1.29 is 4.92 Å². The van der Waals surface area contributed by atoms with Crippen LogP contribution in [0.3, 0.4) is 0 Å². The molecule has 1 heterocycles. The molecule has 0 radical (unpaired) electrons. The first kappa shape index (κ1) is 14.3. The Balaban J connectivity index is 2.34. The highest BCUT2D eigenvalue weighted by molar-refractivity contribution is 6.31. The molecule has 0 unspecified atom stereocenters. The van der Waals surface area contributed by atoms with Crippen LogP contribution in [-0.2, 0) is 6.54 Å². The molecule has 0 amide bonds. The van der Waals surface area contributed by atoms with E-state index in [9.17, 15) is 10.1 Å². The standard InChI is InChI=1S/C13H15ClN4O2/c1-8-13(14)9(2)17(16-8)7-10-4-5-12(18(19)20)11(6-10)15-3/h4-6,15H,7H2,1-3H3. The zero-order valence-corrected chi connectivity index (χ0v) is 12.2. The van der Waals surface area contributed by atoms with E-state index in [2.05, 4.69) is 10.4 Å². The number of hydrogen-bond acceptors (Lipinski definition) is 4. The second-order valence-electron chi connectivity index (χ2n) is 4.50. The summed E-state index contributed by atoms with van der Waals surface area (Å²) in [6, 6.07) is 4.97. The first-order valence-electron chi connectivity index (χ1n) is 6.08. The van der Waals surface area contributed by atoms with Gasteiger partial charge < -0.3 is 5.32 Å². The molecular formula is C13H15ClN4O2. The lowest BCUT2D eigenvalue weighted by molar-refractivity contribution is -0.383. The average Bonchev–Trinajstić information content (AvgIpc) is 2.66. The maximum absolute atomic E-state index is 10.9. The monoisotopic (exact) mass is 294 g/mol. The highest BCUT2D eigenvalue weighted by atomic mass is 35.5. The second-order valence-corrected chi connectivity index (χ2v) is 4.88. The number of nitrogens with zero attached hydrogens (tertiary/aromatic N) is 3. The van der Waals surface area contributed by atoms with Gasteiger partial charge in [0.15, 0.2) is 0 Å². The van der Waals surface area contributed by atoms with E-state index >= 15 is 0 Å². The fourth-order valence-corrected chi connectivity index (χ4v) is 2.18. The Hall–Kier alpha value is -2.08. The summed E-state index contributed by atoms with van der Waals surface area (Å²) in [5.74, 6) is 0. The highest BCUT2D eigenvalue weighted by Crippen LogP contribution is 2.26. The predicted molar refractivity (Wildman–Crippen MR) is 78.5 cm³/mol. The van der Waals surface area contributed by atoms with Gasteiger partial charge in [-0.15, -0.1) is 0 Å². The van der Waals surface area contributed by atoms with Crippen LogP contribution in [0.5, 0.6) is 0 Å². The molecule has 0 aliphatic carbocycles. The molecule has 2 rings (SSSR count). The van der Waals surface area contributed by atoms with E-state index in [1.54, 1.807) is 23.9 Å². The van der Waals surface area contributed by atoms with Crippen LogP contribution in [0.15, 0.2) is 18.2 Å². The molecule has 0 spiro atoms. The van der Waals surface area contributed by atoms with Crippen LogP contribution in [0.2, 0.25) is 5.02 Å². The molecule has 1 aromatic heterocycles. The molecule has 2 aromatic rings. The van der Waals surface area contributed by atoms with E-state index in [-0.39, 0.29) is 5.69 Å². The first-order valence-corrected chi connectivity index (χ1v) is 6.46. The van der Waals surface area contributed by atoms with Crippen molar-refractivity contribution in [3.63, 3.8) is 0 Å². The van der Waals surface area contributed by atoms with Crippen molar-refractivity contribution in [2.24, 2.45) is 0 Å². The van der Waals surface area contributed by atoms with Crippen LogP contribution in [0.1, 0.15) is 17.0 Å². The molecule has 0 fully saturated rings. The minimum absolute atomic E-state index is 0.0580. The van der Waals surface area contributed by atoms with Crippen LogP contribution in [0, 0.1) is 24.0 Å². The van der Waals surface area contributed by atoms with Gasteiger partial charge in [0.1, 0.15) is 5.69 Å². The lowest BCUT2D eigenvalue weighted by Crippen LogP contribution is -2.05. The largest absolute Gasteiger partial charge is 0.383 e. The van der Waals surface area contributed by atoms with E-state index in [0.717, 1.165) is 17.0 Å². The molecule has 0 saturated carbocycles. The highest BCUT2D eigenvalue weighted by Gasteiger charge is 2.14. The Morgan fingerprint density at radius 1 is 1.45 bits per heavy atom. The summed E-state index contributed by atoms with van der Waals surface area (Å²) >= 11 is 6.10. The van der Waals surface area contributed by atoms with Crippen LogP contribution < -0.4 is 5.32 Å². The summed E-state index contributed by atoms with van der Waals surface area (Å²) in [7, 11) is 1.66. The molecular weight excluding hydrogens is 280 g/mol. The molecule has 0 bridgehead atoms. The van der Waals surface area contributed by atoms with Crippen molar-refractivity contribution in [3.8, 4) is 0 Å². The number of halogens is 1. The zero-order chi connectivity index (χ0) is 14.9. The first-order chi connectivity index (χ1) is 9.43. The van der Waals surface area contributed by atoms with Crippen molar-refractivity contribution in [1.29, 1.82) is 0 Å². The average molecular weight is 295 g/mol. The smallest absolute Gasteiger partial charge is 0.292 e. The van der Waals surface area contributed by atoms with Gasteiger partial charge in [-0.05, 0) is 25.5 Å². The Morgan fingerprint density at radius 2 is 2.15 bits per heavy atom. The van der Waals surface area contributed by atoms with E-state index in [1.165, 1.54) is 6.07 Å². The van der Waals surface area contributed by atoms with Crippen molar-refractivity contribution >= 4 is 23.0 Å². The number of aryl methyl sites for hydroxylation is 1. The van der Waals surface area contributed by atoms with E-state index in [1.807, 2.05) is 13.8 Å². The van der Waals surface area contributed by atoms with Crippen LogP contribution in [0.4, 0.5) is 11.4 Å². The SMILES string of the molecule is CNc1cc(Cn2nc(C)c(Cl)c2C)ccc1[N+](=O)[O-]. The van der Waals surface area contributed by atoms with Crippen LogP contribution in [0.25, 0.3) is 0 Å². The number of nitro benzene ring substituents is 1. The molecule has 0 aliphatic rings. The number of nitro groups is 1. The normalized spacial score (nSPS) is 10.6. The number of aromatic nitrogens is 2. The predicted octanol–water partition coefficient (Wildman–Crippen LogP) is 3.15. The fourth-order valence-electron chi connectivity index (χ4n) is 2.04. The molecule has 1 aromatic carbocycles. The van der Waals surface area contributed by atoms with Crippen LogP contribution >= 0.6 is 11.6 Å². The molecule has 0 saturated heterocycles. The van der Waals surface area contributed by atoms with E-state index in [4.69, 9.17) is 11.6 Å². The Bertz CT molecular complexity index is 667. The van der Waals surface area contributed by atoms with E-state index in [0.29, 0.717) is 17.3 Å². The van der Waals surface area contributed by atoms with Gasteiger partial charge in [0.25, 0.3) is 5.69 Å². The van der Waals surface area contributed by atoms with Gasteiger partial charge in [0, 0.05) is 13.1 Å². The minimum atomic E-state index is -0.407. The number of hydrogen-bond donors (Lipinski definition) is 1. The maximum Gasteiger partial charge on any atom is 0.292 e. The third kappa shape index (κ3) is 2.60. The Morgan fingerprint density at radius 3 is 2.65 bits per heavy atom. The van der Waals surface area contributed by atoms with Gasteiger partial charge in [-0.3, -0.25) is 14.8 Å². The zero-order valence-electron chi connectivity index (χ0n) is 11.5. The van der Waals surface area contributed by atoms with Crippen molar-refractivity contribution in [2.75, 3.05) is 12.4 Å². The minimum Gasteiger partial charge on any atom is -0.383 e. The fraction of sp³-hybridized carbons (Fsp3) is 0.308. The van der Waals surface area contributed by atoms with Crippen molar-refractivity contribution in [2.45, 2.75) is 20.4 Å². The lowest BCUT2D eigenvalue weighted by atomic mass is 10.1. The van der Waals surface area contributed by atoms with Crippen LogP contribution in [-0.4, -0.2) is 21.8 Å². The molecule has 7 heteroatoms. The van der Waals surface area contributed by atoms with Gasteiger partial charge in [-0.1, -0.05) is 17.7 Å². The third-order valence-electron chi connectivity index (χ3n) is 3.15. The number of nitrogens with one attached hydrogen (secondary N) is 1. The maximum atomic E-state index is 10.9. The Labute approximate surface area is 121 Å². The van der Waals surface area contributed by atoms with Gasteiger partial charge >= 0.3 is 0 Å². The molecule has 0 atom stereocenters. The quantitative estimate of drug-likeness (QED) is 0.694. The summed E-state index contributed by atoms with van der Waals surface area (Å²) < 4.78 is 1.79. The molecule has 6 nitrogen and oxygen atoms in total. The number of benzene rings is 1. The summed E-state index contributed by atoms with van der Waals surface area (Å²) in [5, 5.41) is 18.7. The summed E-state index contributed by atoms with van der Waals surface area (Å²) in [5.41, 5.74) is 3.12. The Kier molecular flexibility index (Phi) is 3.94. The summed E-state index contributed by atoms with van der Waals surface area (Å²) in [4.78, 5) is 10.5. The second kappa shape index (κ2) is 5.50. The molecule has 106 valence electrons. The summed E-state index contributed by atoms with van der Waals surface area (Å²) in [6.07, 6.45) is 0. The third-order valence-corrected chi connectivity index (χ3v) is 3.70. The van der Waals surface area contributed by atoms with E-state index < -0.39 is 4.92 Å². The van der Waals surface area contributed by atoms with Gasteiger partial charge in [-0.25, -0.2) is 0 Å². The van der Waals surface area contributed by atoms with Gasteiger partial charge in [0.2, 0.25) is 0 Å². The molecule has 1 N–H and O–H groups in total. The number of rotatable bonds is 4. The lowest BCUT2D eigenvalue weighted by Gasteiger charge is -2.07. The van der Waals surface area contributed by atoms with Crippen molar-refractivity contribution in [3.05, 3.63) is 50.3 Å².